The van der Waals surface area contributed by atoms with Gasteiger partial charge >= 0.3 is 0 Å². The number of hydrogen-bond donors (Lipinski definition) is 2. The van der Waals surface area contributed by atoms with E-state index in [1.54, 1.807) is 24.3 Å². The second kappa shape index (κ2) is 7.84. The fourth-order valence-corrected chi connectivity index (χ4v) is 1.60. The minimum Gasteiger partial charge on any atom is -0.330 e. The third-order valence-corrected chi connectivity index (χ3v) is 2.72. The molecule has 0 spiro atoms. The van der Waals surface area contributed by atoms with Gasteiger partial charge in [0, 0.05) is 17.0 Å². The molecule has 18 heavy (non-hydrogen) atoms. The summed E-state index contributed by atoms with van der Waals surface area (Å²) >= 11 is 5.71. The van der Waals surface area contributed by atoms with Crippen LogP contribution in [0.2, 0.25) is 5.02 Å². The van der Waals surface area contributed by atoms with Crippen LogP contribution < -0.4 is 11.1 Å². The highest BCUT2D eigenvalue weighted by Gasteiger charge is 2.09. The molecule has 0 atom stereocenters. The minimum absolute atomic E-state index is 0.257. The van der Waals surface area contributed by atoms with Crippen LogP contribution in [0.1, 0.15) is 36.0 Å². The van der Waals surface area contributed by atoms with Crippen molar-refractivity contribution in [2.45, 2.75) is 25.7 Å². The number of unbranched alkanes of at least 4 members (excludes halogenated alkanes) is 2. The summed E-state index contributed by atoms with van der Waals surface area (Å²) in [4.78, 5) is 23.1. The molecule has 1 aromatic rings. The number of carbonyl (C=O) groups excluding carboxylic acids is 2. The van der Waals surface area contributed by atoms with Crippen molar-refractivity contribution in [2.75, 3.05) is 6.54 Å². The van der Waals surface area contributed by atoms with E-state index in [2.05, 4.69) is 5.32 Å². The molecule has 0 saturated heterocycles. The molecule has 5 heteroatoms. The Hall–Kier alpha value is -1.39. The number of benzene rings is 1. The van der Waals surface area contributed by atoms with Gasteiger partial charge in [0.25, 0.3) is 5.91 Å². The van der Waals surface area contributed by atoms with Gasteiger partial charge < -0.3 is 5.73 Å². The number of hydrogen-bond acceptors (Lipinski definition) is 3. The number of halogens is 1. The van der Waals surface area contributed by atoms with E-state index in [-0.39, 0.29) is 5.91 Å². The monoisotopic (exact) mass is 268 g/mol. The van der Waals surface area contributed by atoms with E-state index in [9.17, 15) is 9.59 Å². The van der Waals surface area contributed by atoms with Crippen LogP contribution in [-0.4, -0.2) is 18.4 Å². The Morgan fingerprint density at radius 2 is 1.78 bits per heavy atom. The largest absolute Gasteiger partial charge is 0.330 e. The standard InChI is InChI=1S/C13H17ClN2O2/c14-11-7-5-10(6-8-11)13(18)16-12(17)4-2-1-3-9-15/h5-8H,1-4,9,15H2,(H,16,17,18). The quantitative estimate of drug-likeness (QED) is 0.776. The SMILES string of the molecule is NCCCCCC(=O)NC(=O)c1ccc(Cl)cc1. The van der Waals surface area contributed by atoms with Gasteiger partial charge in [-0.3, -0.25) is 14.9 Å². The molecule has 4 nitrogen and oxygen atoms in total. The Morgan fingerprint density at radius 3 is 2.39 bits per heavy atom. The molecule has 1 rings (SSSR count). The summed E-state index contributed by atoms with van der Waals surface area (Å²) in [5, 5.41) is 2.90. The first-order chi connectivity index (χ1) is 8.63. The number of rotatable bonds is 6. The lowest BCUT2D eigenvalue weighted by molar-refractivity contribution is -0.120. The van der Waals surface area contributed by atoms with Crippen LogP contribution in [0.15, 0.2) is 24.3 Å². The lowest BCUT2D eigenvalue weighted by Crippen LogP contribution is -2.30. The highest BCUT2D eigenvalue weighted by atomic mass is 35.5. The Bertz CT molecular complexity index is 404. The average molecular weight is 269 g/mol. The van der Waals surface area contributed by atoms with E-state index in [1.165, 1.54) is 0 Å². The zero-order valence-corrected chi connectivity index (χ0v) is 10.9. The van der Waals surface area contributed by atoms with E-state index in [4.69, 9.17) is 17.3 Å². The van der Waals surface area contributed by atoms with Crippen molar-refractivity contribution in [3.8, 4) is 0 Å². The van der Waals surface area contributed by atoms with Crippen LogP contribution in [0.3, 0.4) is 0 Å². The summed E-state index contributed by atoms with van der Waals surface area (Å²) in [6.45, 7) is 0.630. The molecular weight excluding hydrogens is 252 g/mol. The van der Waals surface area contributed by atoms with E-state index < -0.39 is 5.91 Å². The Morgan fingerprint density at radius 1 is 1.11 bits per heavy atom. The van der Waals surface area contributed by atoms with E-state index in [0.29, 0.717) is 23.6 Å². The molecule has 0 radical (unpaired) electrons. The highest BCUT2D eigenvalue weighted by molar-refractivity contribution is 6.30. The Kier molecular flexibility index (Phi) is 6.39. The van der Waals surface area contributed by atoms with Crippen molar-refractivity contribution in [3.05, 3.63) is 34.9 Å². The van der Waals surface area contributed by atoms with Crippen LogP contribution in [0.25, 0.3) is 0 Å². The van der Waals surface area contributed by atoms with Gasteiger partial charge in [0.1, 0.15) is 0 Å². The van der Waals surface area contributed by atoms with E-state index >= 15 is 0 Å². The summed E-state index contributed by atoms with van der Waals surface area (Å²) in [5.74, 6) is -0.650. The zero-order chi connectivity index (χ0) is 13.4. The molecule has 0 fully saturated rings. The average Bonchev–Trinajstić information content (AvgIpc) is 2.35. The van der Waals surface area contributed by atoms with Crippen LogP contribution in [0.5, 0.6) is 0 Å². The van der Waals surface area contributed by atoms with Crippen LogP contribution in [0.4, 0.5) is 0 Å². The molecule has 0 aliphatic rings. The maximum absolute atomic E-state index is 11.7. The molecule has 0 saturated carbocycles. The maximum Gasteiger partial charge on any atom is 0.257 e. The van der Waals surface area contributed by atoms with Crippen LogP contribution in [-0.2, 0) is 4.79 Å². The smallest absolute Gasteiger partial charge is 0.257 e. The predicted octanol–water partition coefficient (Wildman–Crippen LogP) is 2.12. The van der Waals surface area contributed by atoms with Gasteiger partial charge in [0.05, 0.1) is 0 Å². The first-order valence-electron chi connectivity index (χ1n) is 5.93. The molecule has 0 bridgehead atoms. The van der Waals surface area contributed by atoms with Crippen LogP contribution in [0, 0.1) is 0 Å². The first-order valence-corrected chi connectivity index (χ1v) is 6.31. The van der Waals surface area contributed by atoms with Gasteiger partial charge in [-0.2, -0.15) is 0 Å². The van der Waals surface area contributed by atoms with Gasteiger partial charge in [-0.1, -0.05) is 18.0 Å². The molecule has 0 aliphatic heterocycles. The minimum atomic E-state index is -0.393. The second-order valence-electron chi connectivity index (χ2n) is 3.98. The van der Waals surface area contributed by atoms with E-state index in [1.807, 2.05) is 0 Å². The molecule has 98 valence electrons. The second-order valence-corrected chi connectivity index (χ2v) is 4.42. The summed E-state index contributed by atoms with van der Waals surface area (Å²) in [7, 11) is 0. The van der Waals surface area contributed by atoms with Crippen molar-refractivity contribution < 1.29 is 9.59 Å². The normalized spacial score (nSPS) is 10.1. The molecule has 3 N–H and O–H groups in total. The Labute approximate surface area is 112 Å². The molecular formula is C13H17ClN2O2. The molecule has 0 aromatic heterocycles. The highest BCUT2D eigenvalue weighted by Crippen LogP contribution is 2.09. The number of nitrogens with one attached hydrogen (secondary N) is 1. The van der Waals surface area contributed by atoms with Crippen molar-refractivity contribution in [3.63, 3.8) is 0 Å². The zero-order valence-electron chi connectivity index (χ0n) is 10.1. The number of nitrogens with two attached hydrogens (primary N) is 1. The summed E-state index contributed by atoms with van der Waals surface area (Å²) in [6.07, 6.45) is 2.90. The summed E-state index contributed by atoms with van der Waals surface area (Å²) < 4.78 is 0. The van der Waals surface area contributed by atoms with E-state index in [0.717, 1.165) is 19.3 Å². The molecule has 0 unspecified atom stereocenters. The number of carbonyl (C=O) groups is 2. The van der Waals surface area contributed by atoms with Gasteiger partial charge in [-0.25, -0.2) is 0 Å². The van der Waals surface area contributed by atoms with Crippen LogP contribution >= 0.6 is 11.6 Å². The molecule has 1 aromatic carbocycles. The van der Waals surface area contributed by atoms with Crippen molar-refractivity contribution in [2.24, 2.45) is 5.73 Å². The molecule has 0 heterocycles. The molecule has 2 amide bonds. The summed E-state index contributed by atoms with van der Waals surface area (Å²) in [6, 6.07) is 6.39. The van der Waals surface area contributed by atoms with Gasteiger partial charge in [0.2, 0.25) is 5.91 Å². The molecule has 0 aliphatic carbocycles. The topological polar surface area (TPSA) is 72.2 Å². The lowest BCUT2D eigenvalue weighted by atomic mass is 10.1. The maximum atomic E-state index is 11.7. The number of imide groups is 1. The van der Waals surface area contributed by atoms with Crippen molar-refractivity contribution >= 4 is 23.4 Å². The van der Waals surface area contributed by atoms with Gasteiger partial charge in [-0.15, -0.1) is 0 Å². The predicted molar refractivity (Wildman–Crippen MR) is 71.4 cm³/mol. The Balaban J connectivity index is 2.35. The number of amides is 2. The summed E-state index contributed by atoms with van der Waals surface area (Å²) in [5.41, 5.74) is 5.77. The van der Waals surface area contributed by atoms with Gasteiger partial charge in [-0.05, 0) is 43.7 Å². The third kappa shape index (κ3) is 5.29. The van der Waals surface area contributed by atoms with Gasteiger partial charge in [0.15, 0.2) is 0 Å². The third-order valence-electron chi connectivity index (χ3n) is 2.47. The van der Waals surface area contributed by atoms with Crippen molar-refractivity contribution in [1.29, 1.82) is 0 Å². The van der Waals surface area contributed by atoms with Crippen molar-refractivity contribution in [1.82, 2.24) is 5.32 Å². The fourth-order valence-electron chi connectivity index (χ4n) is 1.47. The lowest BCUT2D eigenvalue weighted by Gasteiger charge is -2.04. The first kappa shape index (κ1) is 14.7. The fraction of sp³-hybridized carbons (Fsp3) is 0.385.